The molecule has 32 heavy (non-hydrogen) atoms. The fourth-order valence-electron chi connectivity index (χ4n) is 3.21. The van der Waals surface area contributed by atoms with E-state index in [1.165, 1.54) is 12.0 Å². The first-order chi connectivity index (χ1) is 14.9. The first-order valence-electron chi connectivity index (χ1n) is 9.18. The van der Waals surface area contributed by atoms with Crippen LogP contribution in [0.2, 0.25) is 0 Å². The number of amides is 3. The third kappa shape index (κ3) is 5.42. The number of hydrogen-bond donors (Lipinski definition) is 2. The van der Waals surface area contributed by atoms with Crippen LogP contribution in [0.4, 0.5) is 42.5 Å². The van der Waals surface area contributed by atoms with E-state index in [4.69, 9.17) is 4.74 Å². The van der Waals surface area contributed by atoms with E-state index in [-0.39, 0.29) is 24.9 Å². The van der Waals surface area contributed by atoms with E-state index in [1.54, 1.807) is 24.3 Å². The van der Waals surface area contributed by atoms with Crippen LogP contribution in [-0.2, 0) is 17.1 Å². The molecule has 1 saturated heterocycles. The van der Waals surface area contributed by atoms with Crippen molar-refractivity contribution in [1.82, 2.24) is 5.32 Å². The van der Waals surface area contributed by atoms with Gasteiger partial charge >= 0.3 is 18.4 Å². The summed E-state index contributed by atoms with van der Waals surface area (Å²) in [5.41, 5.74) is -3.27. The Morgan fingerprint density at radius 2 is 1.66 bits per heavy atom. The molecule has 2 aromatic carbocycles. The Labute approximate surface area is 178 Å². The summed E-state index contributed by atoms with van der Waals surface area (Å²) in [5.74, 6) is 0.191. The van der Waals surface area contributed by atoms with Crippen LogP contribution in [0.3, 0.4) is 0 Å². The molecule has 172 valence electrons. The molecule has 1 atom stereocenters. The van der Waals surface area contributed by atoms with Crippen molar-refractivity contribution in [2.24, 2.45) is 0 Å². The maximum Gasteiger partial charge on any atom is 0.416 e. The van der Waals surface area contributed by atoms with Crippen molar-refractivity contribution in [1.29, 1.82) is 0 Å². The number of carbonyl (C=O) groups is 2. The number of hydrogen-bond acceptors (Lipinski definition) is 3. The second-order valence-electron chi connectivity index (χ2n) is 7.00. The number of urea groups is 1. The highest BCUT2D eigenvalue weighted by molar-refractivity contribution is 5.97. The highest BCUT2D eigenvalue weighted by Gasteiger charge is 2.37. The maximum absolute atomic E-state index is 13.0. The molecule has 1 heterocycles. The maximum atomic E-state index is 13.0. The molecule has 1 aliphatic rings. The van der Waals surface area contributed by atoms with E-state index < -0.39 is 41.2 Å². The minimum absolute atomic E-state index is 0.0370. The minimum atomic E-state index is -5.04. The van der Waals surface area contributed by atoms with Gasteiger partial charge in [0.2, 0.25) is 5.91 Å². The van der Waals surface area contributed by atoms with Crippen LogP contribution in [0.25, 0.3) is 0 Å². The quantitative estimate of drug-likeness (QED) is 0.651. The molecule has 2 N–H and O–H groups in total. The Kier molecular flexibility index (Phi) is 6.24. The Hall–Kier alpha value is -3.44. The van der Waals surface area contributed by atoms with Gasteiger partial charge < -0.3 is 20.3 Å². The molecule has 0 aromatic heterocycles. The normalized spacial score (nSPS) is 16.8. The van der Waals surface area contributed by atoms with E-state index in [0.717, 1.165) is 0 Å². The van der Waals surface area contributed by atoms with Crippen molar-refractivity contribution >= 4 is 23.3 Å². The molecular weight excluding hydrogens is 444 g/mol. The van der Waals surface area contributed by atoms with Crippen molar-refractivity contribution < 1.29 is 40.7 Å². The summed E-state index contributed by atoms with van der Waals surface area (Å²) in [5, 5.41) is 4.38. The average Bonchev–Trinajstić information content (AvgIpc) is 3.06. The van der Waals surface area contributed by atoms with Crippen molar-refractivity contribution in [3.63, 3.8) is 0 Å². The molecule has 12 heteroatoms. The van der Waals surface area contributed by atoms with Crippen LogP contribution in [0.5, 0.6) is 5.75 Å². The summed E-state index contributed by atoms with van der Waals surface area (Å²) in [6, 6.07) is 5.63. The number of ether oxygens (including phenoxy) is 1. The van der Waals surface area contributed by atoms with E-state index in [9.17, 15) is 35.9 Å². The number of nitrogens with zero attached hydrogens (tertiary/aromatic N) is 1. The first-order valence-corrected chi connectivity index (χ1v) is 9.18. The van der Waals surface area contributed by atoms with Gasteiger partial charge in [-0.1, -0.05) is 6.07 Å². The second kappa shape index (κ2) is 8.60. The largest absolute Gasteiger partial charge is 0.497 e. The molecule has 3 amide bonds. The lowest BCUT2D eigenvalue weighted by Crippen LogP contribution is -2.39. The van der Waals surface area contributed by atoms with Crippen molar-refractivity contribution in [3.8, 4) is 5.75 Å². The van der Waals surface area contributed by atoms with E-state index in [0.29, 0.717) is 23.6 Å². The summed E-state index contributed by atoms with van der Waals surface area (Å²) in [6.07, 6.45) is -10.2. The van der Waals surface area contributed by atoms with Crippen LogP contribution in [0.15, 0.2) is 42.5 Å². The molecule has 1 aliphatic heterocycles. The third-order valence-corrected chi connectivity index (χ3v) is 4.67. The Morgan fingerprint density at radius 3 is 2.22 bits per heavy atom. The number of anilines is 2. The van der Waals surface area contributed by atoms with Crippen LogP contribution in [0.1, 0.15) is 17.5 Å². The predicted octanol–water partition coefficient (Wildman–Crippen LogP) is 4.66. The van der Waals surface area contributed by atoms with Gasteiger partial charge in [-0.15, -0.1) is 0 Å². The lowest BCUT2D eigenvalue weighted by molar-refractivity contribution is -0.143. The minimum Gasteiger partial charge on any atom is -0.497 e. The van der Waals surface area contributed by atoms with Crippen molar-refractivity contribution in [2.45, 2.75) is 24.8 Å². The van der Waals surface area contributed by atoms with Gasteiger partial charge in [0, 0.05) is 30.4 Å². The summed E-state index contributed by atoms with van der Waals surface area (Å²) >= 11 is 0. The highest BCUT2D eigenvalue weighted by Crippen LogP contribution is 2.37. The molecule has 0 saturated carbocycles. The molecule has 1 unspecified atom stereocenters. The second-order valence-corrected chi connectivity index (χ2v) is 7.00. The SMILES string of the molecule is COc1cccc(N2CC(NC(=O)Nc3cc(C(F)(F)F)cc(C(F)(F)F)c3)CC2=O)c1. The van der Waals surface area contributed by atoms with Crippen LogP contribution in [0, 0.1) is 0 Å². The Morgan fingerprint density at radius 1 is 1.03 bits per heavy atom. The van der Waals surface area contributed by atoms with Gasteiger partial charge in [-0.25, -0.2) is 4.79 Å². The van der Waals surface area contributed by atoms with E-state index in [2.05, 4.69) is 5.32 Å². The zero-order chi connectivity index (χ0) is 23.7. The fourth-order valence-corrected chi connectivity index (χ4v) is 3.21. The van der Waals surface area contributed by atoms with Crippen molar-refractivity contribution in [2.75, 3.05) is 23.9 Å². The number of alkyl halides is 6. The number of nitrogens with one attached hydrogen (secondary N) is 2. The molecule has 3 rings (SSSR count). The first kappa shape index (κ1) is 23.2. The summed E-state index contributed by atoms with van der Waals surface area (Å²) in [7, 11) is 1.46. The predicted molar refractivity (Wildman–Crippen MR) is 102 cm³/mol. The molecule has 1 fully saturated rings. The average molecular weight is 461 g/mol. The van der Waals surface area contributed by atoms with Gasteiger partial charge in [0.25, 0.3) is 0 Å². The number of carbonyl (C=O) groups excluding carboxylic acids is 2. The van der Waals surface area contributed by atoms with E-state index >= 15 is 0 Å². The monoisotopic (exact) mass is 461 g/mol. The summed E-state index contributed by atoms with van der Waals surface area (Å²) in [6.45, 7) is 0.0653. The molecule has 0 bridgehead atoms. The van der Waals surface area contributed by atoms with Gasteiger partial charge in [0.15, 0.2) is 0 Å². The van der Waals surface area contributed by atoms with Crippen LogP contribution >= 0.6 is 0 Å². The molecule has 0 aliphatic carbocycles. The zero-order valence-electron chi connectivity index (χ0n) is 16.5. The van der Waals surface area contributed by atoms with E-state index in [1.807, 2.05) is 5.32 Å². The zero-order valence-corrected chi connectivity index (χ0v) is 16.5. The standard InChI is InChI=1S/C20H17F6N3O3/c1-32-16-4-2-3-15(9-16)29-10-14(8-17(29)30)28-18(31)27-13-6-11(19(21,22)23)5-12(7-13)20(24,25)26/h2-7,9,14H,8,10H2,1H3,(H2,27,28,31). The lowest BCUT2D eigenvalue weighted by Gasteiger charge is -2.18. The molecule has 6 nitrogen and oxygen atoms in total. The van der Waals surface area contributed by atoms with Crippen LogP contribution < -0.4 is 20.3 Å². The van der Waals surface area contributed by atoms with Gasteiger partial charge in [-0.2, -0.15) is 26.3 Å². The molecule has 0 spiro atoms. The Bertz CT molecular complexity index is 990. The van der Waals surface area contributed by atoms with Gasteiger partial charge in [-0.3, -0.25) is 4.79 Å². The van der Waals surface area contributed by atoms with Crippen molar-refractivity contribution in [3.05, 3.63) is 53.6 Å². The number of halogens is 6. The Balaban J connectivity index is 1.71. The molecule has 0 radical (unpaired) electrons. The fraction of sp³-hybridized carbons (Fsp3) is 0.300. The third-order valence-electron chi connectivity index (χ3n) is 4.67. The number of rotatable bonds is 4. The van der Waals surface area contributed by atoms with Gasteiger partial charge in [-0.05, 0) is 30.3 Å². The number of methoxy groups -OCH3 is 1. The number of benzene rings is 2. The molecule has 2 aromatic rings. The summed E-state index contributed by atoms with van der Waals surface area (Å²) < 4.78 is 82.8. The van der Waals surface area contributed by atoms with Gasteiger partial charge in [0.1, 0.15) is 5.75 Å². The smallest absolute Gasteiger partial charge is 0.416 e. The highest BCUT2D eigenvalue weighted by atomic mass is 19.4. The lowest BCUT2D eigenvalue weighted by atomic mass is 10.1. The van der Waals surface area contributed by atoms with Gasteiger partial charge in [0.05, 0.1) is 24.3 Å². The topological polar surface area (TPSA) is 70.7 Å². The van der Waals surface area contributed by atoms with Crippen LogP contribution in [-0.4, -0.2) is 31.6 Å². The molecular formula is C20H17F6N3O3. The summed E-state index contributed by atoms with van der Waals surface area (Å²) in [4.78, 5) is 25.9.